The summed E-state index contributed by atoms with van der Waals surface area (Å²) >= 11 is 0. The van der Waals surface area contributed by atoms with Gasteiger partial charge in [0.15, 0.2) is 0 Å². The Kier molecular flexibility index (Phi) is 4.77. The summed E-state index contributed by atoms with van der Waals surface area (Å²) < 4.78 is 13.6. The van der Waals surface area contributed by atoms with Gasteiger partial charge >= 0.3 is 0 Å². The van der Waals surface area contributed by atoms with Gasteiger partial charge in [-0.25, -0.2) is 4.39 Å². The van der Waals surface area contributed by atoms with Gasteiger partial charge in [-0.3, -0.25) is 4.79 Å². The topological polar surface area (TPSA) is 95.6 Å². The van der Waals surface area contributed by atoms with E-state index in [1.165, 1.54) is 19.1 Å². The van der Waals surface area contributed by atoms with Crippen molar-refractivity contribution in [3.05, 3.63) is 35.1 Å². The van der Waals surface area contributed by atoms with Crippen molar-refractivity contribution < 1.29 is 19.4 Å². The van der Waals surface area contributed by atoms with Crippen LogP contribution in [0.4, 0.5) is 4.39 Å². The van der Waals surface area contributed by atoms with E-state index < -0.39 is 17.3 Å². The maximum absolute atomic E-state index is 13.6. The Morgan fingerprint density at radius 1 is 1.56 bits per heavy atom. The van der Waals surface area contributed by atoms with Crippen LogP contribution >= 0.6 is 0 Å². The first-order chi connectivity index (χ1) is 8.35. The minimum absolute atomic E-state index is 0.110. The molecule has 100 valence electrons. The van der Waals surface area contributed by atoms with Crippen LogP contribution in [0, 0.1) is 5.82 Å². The van der Waals surface area contributed by atoms with Gasteiger partial charge in [0.25, 0.3) is 0 Å². The van der Waals surface area contributed by atoms with Crippen molar-refractivity contribution in [2.24, 2.45) is 5.73 Å². The van der Waals surface area contributed by atoms with Crippen molar-refractivity contribution in [3.8, 4) is 0 Å². The Balaban J connectivity index is 2.61. The second kappa shape index (κ2) is 5.90. The van der Waals surface area contributed by atoms with Crippen LogP contribution < -0.4 is 11.1 Å². The van der Waals surface area contributed by atoms with Crippen LogP contribution in [0.3, 0.4) is 0 Å². The Hall–Kier alpha value is -1.50. The molecule has 1 unspecified atom stereocenters. The largest absolute Gasteiger partial charge is 0.393 e. The molecule has 0 spiro atoms. The third kappa shape index (κ3) is 4.06. The second-order valence-electron chi connectivity index (χ2n) is 4.43. The fourth-order valence-electron chi connectivity index (χ4n) is 1.37. The number of benzene rings is 1. The van der Waals surface area contributed by atoms with Gasteiger partial charge in [-0.15, -0.1) is 0 Å². The van der Waals surface area contributed by atoms with Crippen molar-refractivity contribution >= 4 is 5.91 Å². The molecule has 0 saturated carbocycles. The van der Waals surface area contributed by atoms with Gasteiger partial charge in [0.05, 0.1) is 12.2 Å². The lowest BCUT2D eigenvalue weighted by molar-refractivity contribution is 0.00249. The number of hydrogen-bond acceptors (Lipinski definition) is 4. The van der Waals surface area contributed by atoms with E-state index in [-0.39, 0.29) is 25.3 Å². The Labute approximate surface area is 104 Å². The van der Waals surface area contributed by atoms with E-state index in [1.54, 1.807) is 0 Å². The number of hydrogen-bond donors (Lipinski definition) is 4. The number of aliphatic hydroxyl groups excluding tert-OH is 1. The van der Waals surface area contributed by atoms with Gasteiger partial charge in [0, 0.05) is 24.2 Å². The highest BCUT2D eigenvalue weighted by atomic mass is 19.1. The predicted molar refractivity (Wildman–Crippen MR) is 64.3 cm³/mol. The van der Waals surface area contributed by atoms with E-state index in [9.17, 15) is 14.3 Å². The summed E-state index contributed by atoms with van der Waals surface area (Å²) in [4.78, 5) is 10.8. The molecule has 0 aliphatic heterocycles. The zero-order valence-electron chi connectivity index (χ0n) is 10.1. The van der Waals surface area contributed by atoms with Crippen LogP contribution in [0.25, 0.3) is 0 Å². The molecule has 0 saturated heterocycles. The van der Waals surface area contributed by atoms with Crippen LogP contribution in [-0.4, -0.2) is 34.9 Å². The summed E-state index contributed by atoms with van der Waals surface area (Å²) in [5.41, 5.74) is 4.24. The van der Waals surface area contributed by atoms with Gasteiger partial charge in [0.2, 0.25) is 5.91 Å². The molecule has 6 heteroatoms. The zero-order valence-corrected chi connectivity index (χ0v) is 10.1. The average molecular weight is 256 g/mol. The number of carbonyl (C=O) groups is 1. The van der Waals surface area contributed by atoms with Gasteiger partial charge in [-0.05, 0) is 19.1 Å². The molecule has 5 N–H and O–H groups in total. The summed E-state index contributed by atoms with van der Waals surface area (Å²) in [5.74, 6) is -1.22. The molecule has 5 nitrogen and oxygen atoms in total. The summed E-state index contributed by atoms with van der Waals surface area (Å²) in [6, 6.07) is 3.96. The van der Waals surface area contributed by atoms with Crippen LogP contribution in [0.5, 0.6) is 0 Å². The maximum atomic E-state index is 13.6. The number of primary amides is 1. The van der Waals surface area contributed by atoms with Crippen LogP contribution in [0.2, 0.25) is 0 Å². The average Bonchev–Trinajstić information content (AvgIpc) is 2.31. The van der Waals surface area contributed by atoms with Crippen molar-refractivity contribution in [2.75, 3.05) is 13.2 Å². The fraction of sp³-hybridized carbons (Fsp3) is 0.417. The van der Waals surface area contributed by atoms with Crippen LogP contribution in [0.1, 0.15) is 22.8 Å². The van der Waals surface area contributed by atoms with Gasteiger partial charge < -0.3 is 21.3 Å². The molecule has 0 aliphatic carbocycles. The molecule has 1 atom stereocenters. The minimum atomic E-state index is -1.25. The first-order valence-electron chi connectivity index (χ1n) is 5.48. The van der Waals surface area contributed by atoms with E-state index >= 15 is 0 Å². The number of amides is 1. The lowest BCUT2D eigenvalue weighted by atomic mass is 10.1. The Morgan fingerprint density at radius 2 is 2.22 bits per heavy atom. The molecular weight excluding hydrogens is 239 g/mol. The molecule has 0 bridgehead atoms. The first kappa shape index (κ1) is 14.6. The molecule has 0 heterocycles. The lowest BCUT2D eigenvalue weighted by Crippen LogP contribution is -2.40. The van der Waals surface area contributed by atoms with Gasteiger partial charge in [0.1, 0.15) is 5.82 Å². The fourth-order valence-corrected chi connectivity index (χ4v) is 1.37. The van der Waals surface area contributed by atoms with E-state index in [4.69, 9.17) is 10.8 Å². The van der Waals surface area contributed by atoms with Crippen LogP contribution in [-0.2, 0) is 6.54 Å². The van der Waals surface area contributed by atoms with Crippen molar-refractivity contribution in [2.45, 2.75) is 19.1 Å². The molecule has 1 aromatic rings. The lowest BCUT2D eigenvalue weighted by Gasteiger charge is -2.20. The van der Waals surface area contributed by atoms with Gasteiger partial charge in [-0.1, -0.05) is 6.07 Å². The molecule has 18 heavy (non-hydrogen) atoms. The molecule has 0 aromatic heterocycles. The highest BCUT2D eigenvalue weighted by Gasteiger charge is 2.18. The number of aliphatic hydroxyl groups is 2. The van der Waals surface area contributed by atoms with Gasteiger partial charge in [-0.2, -0.15) is 0 Å². The second-order valence-corrected chi connectivity index (χ2v) is 4.43. The summed E-state index contributed by atoms with van der Waals surface area (Å²) in [5, 5.41) is 21.2. The molecule has 1 aromatic carbocycles. The number of nitrogens with two attached hydrogens (primary N) is 1. The highest BCUT2D eigenvalue weighted by molar-refractivity contribution is 5.92. The Bertz CT molecular complexity index is 435. The minimum Gasteiger partial charge on any atom is -0.393 e. The van der Waals surface area contributed by atoms with E-state index in [0.717, 1.165) is 6.07 Å². The third-order valence-corrected chi connectivity index (χ3v) is 2.50. The van der Waals surface area contributed by atoms with Crippen LogP contribution in [0.15, 0.2) is 18.2 Å². The highest BCUT2D eigenvalue weighted by Crippen LogP contribution is 2.10. The summed E-state index contributed by atoms with van der Waals surface area (Å²) in [6.07, 6.45) is 0. The first-order valence-corrected chi connectivity index (χ1v) is 5.48. The van der Waals surface area contributed by atoms with Crippen molar-refractivity contribution in [1.82, 2.24) is 5.32 Å². The molecule has 0 aliphatic rings. The Morgan fingerprint density at radius 3 is 2.72 bits per heavy atom. The standard InChI is InChI=1S/C12H17FN2O3/c1-12(18,7-16)6-15-5-9-3-2-8(11(14)17)4-10(9)13/h2-4,15-16,18H,5-7H2,1H3,(H2,14,17). The molecule has 1 amide bonds. The third-order valence-electron chi connectivity index (χ3n) is 2.50. The van der Waals surface area contributed by atoms with E-state index in [0.29, 0.717) is 5.56 Å². The quantitative estimate of drug-likeness (QED) is 0.565. The molecule has 0 radical (unpaired) electrons. The molecule has 1 rings (SSSR count). The number of rotatable bonds is 6. The molecule has 0 fully saturated rings. The van der Waals surface area contributed by atoms with Crippen molar-refractivity contribution in [3.63, 3.8) is 0 Å². The summed E-state index contributed by atoms with van der Waals surface area (Å²) in [6.45, 7) is 1.39. The predicted octanol–water partition coefficient (Wildman–Crippen LogP) is -0.243. The number of carbonyl (C=O) groups excluding carboxylic acids is 1. The molecular formula is C12H17FN2O3. The van der Waals surface area contributed by atoms with E-state index in [2.05, 4.69) is 5.32 Å². The normalized spacial score (nSPS) is 14.2. The number of nitrogens with one attached hydrogen (secondary N) is 1. The van der Waals surface area contributed by atoms with Crippen molar-refractivity contribution in [1.29, 1.82) is 0 Å². The smallest absolute Gasteiger partial charge is 0.248 e. The summed E-state index contributed by atoms with van der Waals surface area (Å²) in [7, 11) is 0. The number of halogens is 1. The zero-order chi connectivity index (χ0) is 13.8. The van der Waals surface area contributed by atoms with E-state index in [1.807, 2.05) is 0 Å². The monoisotopic (exact) mass is 256 g/mol. The SMILES string of the molecule is CC(O)(CO)CNCc1ccc(C(N)=O)cc1F. The maximum Gasteiger partial charge on any atom is 0.248 e.